The van der Waals surface area contributed by atoms with Gasteiger partial charge in [0.15, 0.2) is 0 Å². The van der Waals surface area contributed by atoms with Crippen LogP contribution in [0, 0.1) is 11.3 Å². The predicted molar refractivity (Wildman–Crippen MR) is 104 cm³/mol. The monoisotopic (exact) mass is 357 g/mol. The molecule has 0 amide bonds. The molecule has 0 aliphatic heterocycles. The third-order valence-corrected chi connectivity index (χ3v) is 4.20. The topological polar surface area (TPSA) is 59.3 Å². The smallest absolute Gasteiger partial charge is 0.343 e. The summed E-state index contributed by atoms with van der Waals surface area (Å²) in [4.78, 5) is 12.3. The molecule has 0 N–H and O–H groups in total. The molecule has 4 heteroatoms. The Morgan fingerprint density at radius 3 is 2.04 bits per heavy atom. The Hall–Kier alpha value is -3.42. The maximum absolute atomic E-state index is 12.3. The summed E-state index contributed by atoms with van der Waals surface area (Å²) >= 11 is 0. The van der Waals surface area contributed by atoms with Gasteiger partial charge in [-0.15, -0.1) is 0 Å². The molecule has 0 heterocycles. The standard InChI is InChI=1S/C23H19NO3/c1-26-15-14-17-2-6-19(7-3-17)20-8-10-21(11-9-20)23(25)27-22-12-4-18(16-24)5-13-22/h2-13H,14-15H2,1H3. The first-order chi connectivity index (χ1) is 13.2. The molecule has 0 saturated carbocycles. The number of carbonyl (C=O) groups excluding carboxylic acids is 1. The zero-order chi connectivity index (χ0) is 19.1. The van der Waals surface area contributed by atoms with Gasteiger partial charge in [-0.3, -0.25) is 0 Å². The fourth-order valence-corrected chi connectivity index (χ4v) is 2.65. The van der Waals surface area contributed by atoms with Crippen molar-refractivity contribution in [2.45, 2.75) is 6.42 Å². The number of rotatable bonds is 6. The van der Waals surface area contributed by atoms with Crippen LogP contribution in [0.25, 0.3) is 11.1 Å². The van der Waals surface area contributed by atoms with Gasteiger partial charge in [0.05, 0.1) is 23.8 Å². The van der Waals surface area contributed by atoms with Crippen LogP contribution in [-0.2, 0) is 11.2 Å². The molecule has 3 aromatic rings. The van der Waals surface area contributed by atoms with Gasteiger partial charge in [-0.2, -0.15) is 5.26 Å². The Kier molecular flexibility index (Phi) is 5.98. The van der Waals surface area contributed by atoms with Gasteiger partial charge in [-0.1, -0.05) is 36.4 Å². The normalized spacial score (nSPS) is 10.2. The molecule has 0 saturated heterocycles. The molecule has 0 fully saturated rings. The zero-order valence-corrected chi connectivity index (χ0v) is 15.0. The lowest BCUT2D eigenvalue weighted by molar-refractivity contribution is 0.0735. The lowest BCUT2D eigenvalue weighted by Gasteiger charge is -2.07. The van der Waals surface area contributed by atoms with E-state index in [0.717, 1.165) is 17.5 Å². The Labute approximate surface area is 158 Å². The molecule has 0 aliphatic carbocycles. The van der Waals surface area contributed by atoms with Crippen LogP contribution >= 0.6 is 0 Å². The highest BCUT2D eigenvalue weighted by Gasteiger charge is 2.09. The average molecular weight is 357 g/mol. The Balaban J connectivity index is 1.67. The van der Waals surface area contributed by atoms with Crippen molar-refractivity contribution in [1.82, 2.24) is 0 Å². The number of hydrogen-bond donors (Lipinski definition) is 0. The predicted octanol–water partition coefficient (Wildman–Crippen LogP) is 4.63. The van der Waals surface area contributed by atoms with E-state index >= 15 is 0 Å². The van der Waals surface area contributed by atoms with Crippen molar-refractivity contribution >= 4 is 5.97 Å². The van der Waals surface area contributed by atoms with Crippen molar-refractivity contribution in [2.24, 2.45) is 0 Å². The van der Waals surface area contributed by atoms with Gasteiger partial charge in [-0.25, -0.2) is 4.79 Å². The molecule has 3 aromatic carbocycles. The van der Waals surface area contributed by atoms with Crippen LogP contribution in [0.15, 0.2) is 72.8 Å². The van der Waals surface area contributed by atoms with Gasteiger partial charge in [-0.05, 0) is 59.5 Å². The molecule has 0 atom stereocenters. The van der Waals surface area contributed by atoms with E-state index in [-0.39, 0.29) is 0 Å². The fourth-order valence-electron chi connectivity index (χ4n) is 2.65. The van der Waals surface area contributed by atoms with Crippen molar-refractivity contribution < 1.29 is 14.3 Å². The zero-order valence-electron chi connectivity index (χ0n) is 15.0. The van der Waals surface area contributed by atoms with Gasteiger partial charge in [0.2, 0.25) is 0 Å². The lowest BCUT2D eigenvalue weighted by atomic mass is 10.0. The second kappa shape index (κ2) is 8.79. The number of nitrogens with zero attached hydrogens (tertiary/aromatic N) is 1. The van der Waals surface area contributed by atoms with Gasteiger partial charge in [0.25, 0.3) is 0 Å². The van der Waals surface area contributed by atoms with Gasteiger partial charge >= 0.3 is 5.97 Å². The third-order valence-electron chi connectivity index (χ3n) is 4.20. The van der Waals surface area contributed by atoms with Crippen molar-refractivity contribution in [3.05, 3.63) is 89.5 Å². The maximum atomic E-state index is 12.3. The summed E-state index contributed by atoms with van der Waals surface area (Å²) in [5.41, 5.74) is 4.34. The van der Waals surface area contributed by atoms with Crippen molar-refractivity contribution in [3.8, 4) is 22.9 Å². The maximum Gasteiger partial charge on any atom is 0.343 e. The first-order valence-corrected chi connectivity index (χ1v) is 8.60. The molecule has 0 aromatic heterocycles. The summed E-state index contributed by atoms with van der Waals surface area (Å²) in [5.74, 6) is -0.0177. The molecule has 0 aliphatic rings. The van der Waals surface area contributed by atoms with E-state index < -0.39 is 5.97 Å². The number of benzene rings is 3. The fraction of sp³-hybridized carbons (Fsp3) is 0.130. The Morgan fingerprint density at radius 1 is 0.889 bits per heavy atom. The van der Waals surface area contributed by atoms with Crippen LogP contribution < -0.4 is 4.74 Å². The molecule has 0 bridgehead atoms. The number of esters is 1. The Bertz CT molecular complexity index is 937. The summed E-state index contributed by atoms with van der Waals surface area (Å²) in [6.45, 7) is 0.704. The van der Waals surface area contributed by atoms with E-state index in [2.05, 4.69) is 24.3 Å². The minimum Gasteiger partial charge on any atom is -0.423 e. The number of nitriles is 1. The largest absolute Gasteiger partial charge is 0.423 e. The molecule has 0 unspecified atom stereocenters. The van der Waals surface area contributed by atoms with Crippen molar-refractivity contribution in [2.75, 3.05) is 13.7 Å². The van der Waals surface area contributed by atoms with E-state index in [4.69, 9.17) is 14.7 Å². The molecular weight excluding hydrogens is 338 g/mol. The summed E-state index contributed by atoms with van der Waals surface area (Å²) in [7, 11) is 1.70. The summed E-state index contributed by atoms with van der Waals surface area (Å²) in [5, 5.41) is 8.80. The molecule has 0 spiro atoms. The van der Waals surface area contributed by atoms with Crippen LogP contribution in [0.3, 0.4) is 0 Å². The molecule has 134 valence electrons. The van der Waals surface area contributed by atoms with E-state index in [1.54, 1.807) is 43.5 Å². The average Bonchev–Trinajstić information content (AvgIpc) is 2.73. The molecular formula is C23H19NO3. The van der Waals surface area contributed by atoms with E-state index in [1.807, 2.05) is 18.2 Å². The molecule has 3 rings (SSSR count). The number of hydrogen-bond acceptors (Lipinski definition) is 4. The molecule has 0 radical (unpaired) electrons. The second-order valence-corrected chi connectivity index (χ2v) is 6.04. The number of ether oxygens (including phenoxy) is 2. The highest BCUT2D eigenvalue weighted by Crippen LogP contribution is 2.21. The van der Waals surface area contributed by atoms with E-state index in [0.29, 0.717) is 23.5 Å². The first-order valence-electron chi connectivity index (χ1n) is 8.60. The summed E-state index contributed by atoms with van der Waals surface area (Å²) in [6.07, 6.45) is 0.886. The second-order valence-electron chi connectivity index (χ2n) is 6.04. The molecule has 27 heavy (non-hydrogen) atoms. The third kappa shape index (κ3) is 4.81. The number of carbonyl (C=O) groups is 1. The highest BCUT2D eigenvalue weighted by atomic mass is 16.5. The minimum atomic E-state index is -0.429. The minimum absolute atomic E-state index is 0.412. The summed E-state index contributed by atoms with van der Waals surface area (Å²) in [6, 6.07) is 24.1. The van der Waals surface area contributed by atoms with E-state index in [1.165, 1.54) is 5.56 Å². The van der Waals surface area contributed by atoms with Crippen LogP contribution in [0.4, 0.5) is 0 Å². The molecule has 4 nitrogen and oxygen atoms in total. The van der Waals surface area contributed by atoms with Crippen molar-refractivity contribution in [1.29, 1.82) is 5.26 Å². The SMILES string of the molecule is COCCc1ccc(-c2ccc(C(=O)Oc3ccc(C#N)cc3)cc2)cc1. The summed E-state index contributed by atoms with van der Waals surface area (Å²) < 4.78 is 10.4. The van der Waals surface area contributed by atoms with Crippen LogP contribution in [0.2, 0.25) is 0 Å². The first kappa shape index (κ1) is 18.4. The number of methoxy groups -OCH3 is 1. The van der Waals surface area contributed by atoms with Gasteiger partial charge in [0, 0.05) is 7.11 Å². The van der Waals surface area contributed by atoms with Crippen LogP contribution in [-0.4, -0.2) is 19.7 Å². The Morgan fingerprint density at radius 2 is 1.48 bits per heavy atom. The van der Waals surface area contributed by atoms with Crippen LogP contribution in [0.5, 0.6) is 5.75 Å². The van der Waals surface area contributed by atoms with E-state index in [9.17, 15) is 4.79 Å². The van der Waals surface area contributed by atoms with Crippen LogP contribution in [0.1, 0.15) is 21.5 Å². The lowest BCUT2D eigenvalue weighted by Crippen LogP contribution is -2.08. The highest BCUT2D eigenvalue weighted by molar-refractivity contribution is 5.91. The van der Waals surface area contributed by atoms with Gasteiger partial charge in [0.1, 0.15) is 5.75 Å². The van der Waals surface area contributed by atoms with Crippen molar-refractivity contribution in [3.63, 3.8) is 0 Å². The quantitative estimate of drug-likeness (QED) is 0.476. The van der Waals surface area contributed by atoms with Gasteiger partial charge < -0.3 is 9.47 Å².